The fourth-order valence-corrected chi connectivity index (χ4v) is 3.32. The number of nitrogens with zero attached hydrogens (tertiary/aromatic N) is 4. The van der Waals surface area contributed by atoms with Gasteiger partial charge in [0.2, 0.25) is 0 Å². The van der Waals surface area contributed by atoms with Gasteiger partial charge in [-0.05, 0) is 37.8 Å². The molecule has 2 aliphatic rings. The molecule has 2 aromatic rings. The van der Waals surface area contributed by atoms with Crippen molar-refractivity contribution in [2.24, 2.45) is 0 Å². The molecule has 15 heteroatoms. The van der Waals surface area contributed by atoms with E-state index in [1.54, 1.807) is 6.33 Å². The fourth-order valence-electron chi connectivity index (χ4n) is 3.32. The van der Waals surface area contributed by atoms with Gasteiger partial charge in [-0.1, -0.05) is 6.07 Å². The second-order valence-corrected chi connectivity index (χ2v) is 8.12. The van der Waals surface area contributed by atoms with E-state index in [4.69, 9.17) is 19.8 Å². The highest BCUT2D eigenvalue weighted by atomic mass is 19.4. The zero-order valence-corrected chi connectivity index (χ0v) is 19.4. The third kappa shape index (κ3) is 10.2. The normalized spacial score (nSPS) is 15.9. The molecule has 37 heavy (non-hydrogen) atoms. The van der Waals surface area contributed by atoms with Crippen molar-refractivity contribution in [1.82, 2.24) is 19.9 Å². The smallest absolute Gasteiger partial charge is 0.475 e. The van der Waals surface area contributed by atoms with Gasteiger partial charge in [-0.25, -0.2) is 19.6 Å². The van der Waals surface area contributed by atoms with E-state index in [-0.39, 0.29) is 0 Å². The molecule has 0 radical (unpaired) electrons. The number of aliphatic carboxylic acids is 2. The number of rotatable bonds is 4. The zero-order valence-electron chi connectivity index (χ0n) is 19.4. The second-order valence-electron chi connectivity index (χ2n) is 8.12. The number of nitrogens with one attached hydrogen (secondary N) is 1. The van der Waals surface area contributed by atoms with E-state index in [1.807, 2.05) is 12.3 Å². The van der Waals surface area contributed by atoms with E-state index in [2.05, 4.69) is 37.3 Å². The van der Waals surface area contributed by atoms with Crippen LogP contribution in [0.4, 0.5) is 32.2 Å². The first-order valence-electron chi connectivity index (χ1n) is 11.1. The second kappa shape index (κ2) is 13.2. The van der Waals surface area contributed by atoms with Crippen LogP contribution >= 0.6 is 0 Å². The van der Waals surface area contributed by atoms with Crippen LogP contribution in [-0.2, 0) is 29.0 Å². The van der Waals surface area contributed by atoms with Crippen molar-refractivity contribution in [3.05, 3.63) is 47.7 Å². The van der Waals surface area contributed by atoms with Gasteiger partial charge >= 0.3 is 24.3 Å². The number of carbonyl (C=O) groups is 2. The van der Waals surface area contributed by atoms with Crippen molar-refractivity contribution >= 4 is 17.8 Å². The molecule has 9 nitrogen and oxygen atoms in total. The van der Waals surface area contributed by atoms with Gasteiger partial charge in [-0.15, -0.1) is 0 Å². The Kier molecular flexibility index (Phi) is 10.6. The maximum absolute atomic E-state index is 10.6. The molecule has 0 saturated heterocycles. The molecule has 0 unspecified atom stereocenters. The quantitative estimate of drug-likeness (QED) is 0.500. The van der Waals surface area contributed by atoms with E-state index < -0.39 is 24.3 Å². The Bertz CT molecular complexity index is 1010. The number of aromatic nitrogens is 3. The van der Waals surface area contributed by atoms with Crippen molar-refractivity contribution in [1.29, 1.82) is 0 Å². The van der Waals surface area contributed by atoms with Crippen LogP contribution in [0, 0.1) is 0 Å². The lowest BCUT2D eigenvalue weighted by atomic mass is 9.93. The largest absolute Gasteiger partial charge is 0.490 e. The molecule has 3 heterocycles. The van der Waals surface area contributed by atoms with Crippen molar-refractivity contribution in [3.63, 3.8) is 0 Å². The molecular formula is C22H25F6N5O4. The summed E-state index contributed by atoms with van der Waals surface area (Å²) in [5.74, 6) is -4.45. The number of alkyl halides is 6. The van der Waals surface area contributed by atoms with Gasteiger partial charge in [-0.3, -0.25) is 9.88 Å². The molecule has 0 atom stereocenters. The number of anilines is 1. The maximum atomic E-state index is 10.6. The van der Waals surface area contributed by atoms with Gasteiger partial charge in [0.15, 0.2) is 0 Å². The van der Waals surface area contributed by atoms with Crippen molar-refractivity contribution in [2.45, 2.75) is 57.0 Å². The predicted octanol–water partition coefficient (Wildman–Crippen LogP) is 3.70. The fraction of sp³-hybridized carbons (Fsp3) is 0.500. The average molecular weight is 537 g/mol. The van der Waals surface area contributed by atoms with Crippen LogP contribution in [0.5, 0.6) is 0 Å². The molecule has 4 rings (SSSR count). The molecular weight excluding hydrogens is 512 g/mol. The molecule has 1 aliphatic heterocycles. The van der Waals surface area contributed by atoms with Gasteiger partial charge < -0.3 is 15.5 Å². The highest BCUT2D eigenvalue weighted by Gasteiger charge is 2.38. The van der Waals surface area contributed by atoms with E-state index in [0.717, 1.165) is 44.0 Å². The molecule has 0 amide bonds. The minimum Gasteiger partial charge on any atom is -0.475 e. The lowest BCUT2D eigenvalue weighted by molar-refractivity contribution is -0.193. The highest BCUT2D eigenvalue weighted by molar-refractivity contribution is 5.73. The number of fused-ring (bicyclic) bond motifs is 1. The Morgan fingerprint density at radius 3 is 2.03 bits per heavy atom. The Hall–Kier alpha value is -3.49. The first-order valence-corrected chi connectivity index (χ1v) is 11.1. The summed E-state index contributed by atoms with van der Waals surface area (Å²) in [6.45, 7) is 2.98. The van der Waals surface area contributed by atoms with Crippen LogP contribution in [-0.4, -0.2) is 73.5 Å². The Morgan fingerprint density at radius 2 is 1.54 bits per heavy atom. The van der Waals surface area contributed by atoms with Gasteiger partial charge in [0.25, 0.3) is 0 Å². The zero-order chi connectivity index (χ0) is 27.6. The number of halogens is 6. The summed E-state index contributed by atoms with van der Waals surface area (Å²) in [6.07, 6.45) is -0.706. The molecule has 3 N–H and O–H groups in total. The Labute approximate surface area is 207 Å². The molecule has 2 aromatic heterocycles. The van der Waals surface area contributed by atoms with Crippen molar-refractivity contribution < 1.29 is 46.1 Å². The monoisotopic (exact) mass is 537 g/mol. The molecule has 1 fully saturated rings. The van der Waals surface area contributed by atoms with Gasteiger partial charge in [0.05, 0.1) is 11.4 Å². The van der Waals surface area contributed by atoms with Gasteiger partial charge in [0.1, 0.15) is 12.1 Å². The number of carboxylic acid groups (broad SMARTS) is 2. The van der Waals surface area contributed by atoms with Crippen LogP contribution in [0.25, 0.3) is 0 Å². The SMILES string of the molecule is O=C(O)C(F)(F)F.O=C(O)C(F)(F)F.c1ccc(CN2CCc3ncnc(NC4CCC4)c3CC2)nc1. The summed E-state index contributed by atoms with van der Waals surface area (Å²) in [4.78, 5) is 33.8. The Morgan fingerprint density at radius 1 is 0.946 bits per heavy atom. The van der Waals surface area contributed by atoms with Crippen LogP contribution in [0.1, 0.15) is 36.2 Å². The van der Waals surface area contributed by atoms with Crippen LogP contribution < -0.4 is 5.32 Å². The van der Waals surface area contributed by atoms with Crippen LogP contribution in [0.15, 0.2) is 30.7 Å². The molecule has 0 aromatic carbocycles. The van der Waals surface area contributed by atoms with Gasteiger partial charge in [-0.2, -0.15) is 26.3 Å². The summed E-state index contributed by atoms with van der Waals surface area (Å²) < 4.78 is 63.5. The molecule has 1 saturated carbocycles. The third-order valence-electron chi connectivity index (χ3n) is 5.42. The minimum atomic E-state index is -5.08. The van der Waals surface area contributed by atoms with Gasteiger partial charge in [0, 0.05) is 43.9 Å². The van der Waals surface area contributed by atoms with E-state index in [1.165, 1.54) is 30.5 Å². The van der Waals surface area contributed by atoms with E-state index in [0.29, 0.717) is 6.04 Å². The first kappa shape index (κ1) is 29.7. The standard InChI is InChI=1S/C18H23N5.2C2HF3O2/c1-2-9-19-15(4-1)12-23-10-7-16-17(8-11-23)20-13-21-18(16)22-14-5-3-6-14;2*3-2(4,5)1(6)7/h1-2,4,9,13-14H,3,5-8,10-12H2,(H,20,21,22);2*(H,6,7). The summed E-state index contributed by atoms with van der Waals surface area (Å²) in [5.41, 5.74) is 3.67. The minimum absolute atomic E-state index is 0.613. The Balaban J connectivity index is 0.000000286. The van der Waals surface area contributed by atoms with E-state index >= 15 is 0 Å². The molecule has 0 spiro atoms. The third-order valence-corrected chi connectivity index (χ3v) is 5.42. The summed E-state index contributed by atoms with van der Waals surface area (Å²) >= 11 is 0. The maximum Gasteiger partial charge on any atom is 0.490 e. The van der Waals surface area contributed by atoms with Crippen LogP contribution in [0.3, 0.4) is 0 Å². The first-order chi connectivity index (χ1) is 17.3. The lowest BCUT2D eigenvalue weighted by Crippen LogP contribution is -2.28. The topological polar surface area (TPSA) is 129 Å². The summed E-state index contributed by atoms with van der Waals surface area (Å²) in [5, 5.41) is 17.9. The van der Waals surface area contributed by atoms with E-state index in [9.17, 15) is 26.3 Å². The lowest BCUT2D eigenvalue weighted by Gasteiger charge is -2.28. The molecule has 1 aliphatic carbocycles. The highest BCUT2D eigenvalue weighted by Crippen LogP contribution is 2.26. The van der Waals surface area contributed by atoms with Crippen LogP contribution in [0.2, 0.25) is 0 Å². The van der Waals surface area contributed by atoms with Crippen molar-refractivity contribution in [3.8, 4) is 0 Å². The summed E-state index contributed by atoms with van der Waals surface area (Å²) in [6, 6.07) is 6.74. The predicted molar refractivity (Wildman–Crippen MR) is 118 cm³/mol. The number of pyridine rings is 1. The summed E-state index contributed by atoms with van der Waals surface area (Å²) in [7, 11) is 0. The average Bonchev–Trinajstić information content (AvgIpc) is 2.99. The van der Waals surface area contributed by atoms with Crippen molar-refractivity contribution in [2.75, 3.05) is 18.4 Å². The number of hydrogen-bond donors (Lipinski definition) is 3. The molecule has 0 bridgehead atoms. The molecule has 204 valence electrons. The number of hydrogen-bond acceptors (Lipinski definition) is 7. The number of carboxylic acids is 2.